The summed E-state index contributed by atoms with van der Waals surface area (Å²) in [6, 6.07) is 14.8. The largest absolute Gasteiger partial charge is 0.394 e. The number of hydrogen-bond donors (Lipinski definition) is 1. The Balaban J connectivity index is 0.00000240. The Bertz CT molecular complexity index is 800. The van der Waals surface area contributed by atoms with Crippen LogP contribution >= 0.6 is 35.8 Å². The minimum Gasteiger partial charge on any atom is -0.394 e. The predicted octanol–water partition coefficient (Wildman–Crippen LogP) is 5.23. The van der Waals surface area contributed by atoms with Gasteiger partial charge in [0.05, 0.1) is 30.7 Å². The molecule has 2 aliphatic rings. The van der Waals surface area contributed by atoms with E-state index in [1.807, 2.05) is 17.8 Å². The zero-order chi connectivity index (χ0) is 19.3. The van der Waals surface area contributed by atoms with Crippen LogP contribution in [-0.4, -0.2) is 55.5 Å². The average molecular weight is 455 g/mol. The van der Waals surface area contributed by atoms with Crippen LogP contribution < -0.4 is 4.90 Å². The molecule has 0 unspecified atom stereocenters. The summed E-state index contributed by atoms with van der Waals surface area (Å²) in [4.78, 5) is 7.52. The third kappa shape index (κ3) is 5.60. The minimum atomic E-state index is 0. The van der Waals surface area contributed by atoms with Gasteiger partial charge in [-0.15, -0.1) is 12.4 Å². The standard InChI is InChI=1S/C22H27ClN2O2S.ClH/c23-17-6-7-22-20(16-17)25(19-4-1-2-5-21(19)28-22)11-3-10-24-12-8-18(9-13-24)27-15-14-26;/h1-2,4-7,16,18,26H,3,8-15H2;1H. The highest BCUT2D eigenvalue weighted by atomic mass is 35.5. The number of para-hydroxylation sites is 1. The van der Waals surface area contributed by atoms with E-state index in [-0.39, 0.29) is 19.0 Å². The third-order valence-corrected chi connectivity index (χ3v) is 6.79. The molecule has 0 radical (unpaired) electrons. The van der Waals surface area contributed by atoms with E-state index in [0.717, 1.165) is 50.5 Å². The number of aliphatic hydroxyl groups excluding tert-OH is 1. The lowest BCUT2D eigenvalue weighted by Gasteiger charge is -2.35. The van der Waals surface area contributed by atoms with Crippen LogP contribution in [0.3, 0.4) is 0 Å². The maximum atomic E-state index is 8.90. The first-order chi connectivity index (χ1) is 13.7. The van der Waals surface area contributed by atoms with Crippen molar-refractivity contribution in [1.29, 1.82) is 0 Å². The molecule has 2 aromatic carbocycles. The van der Waals surface area contributed by atoms with Crippen molar-refractivity contribution in [3.05, 3.63) is 47.5 Å². The molecule has 4 nitrogen and oxygen atoms in total. The maximum Gasteiger partial charge on any atom is 0.0701 e. The van der Waals surface area contributed by atoms with E-state index in [4.69, 9.17) is 21.4 Å². The van der Waals surface area contributed by atoms with E-state index in [1.54, 1.807) is 0 Å². The van der Waals surface area contributed by atoms with Crippen molar-refractivity contribution in [2.24, 2.45) is 0 Å². The summed E-state index contributed by atoms with van der Waals surface area (Å²) in [7, 11) is 0. The number of halogens is 2. The second-order valence-electron chi connectivity index (χ2n) is 7.32. The van der Waals surface area contributed by atoms with Crippen LogP contribution in [0, 0.1) is 0 Å². The fourth-order valence-corrected chi connectivity index (χ4v) is 5.26. The highest BCUT2D eigenvalue weighted by Crippen LogP contribution is 2.48. The van der Waals surface area contributed by atoms with Crippen LogP contribution in [0.4, 0.5) is 11.4 Å². The molecule has 2 aliphatic heterocycles. The molecule has 2 heterocycles. The van der Waals surface area contributed by atoms with Gasteiger partial charge in [-0.2, -0.15) is 0 Å². The highest BCUT2D eigenvalue weighted by Gasteiger charge is 2.24. The number of benzene rings is 2. The molecule has 0 aromatic heterocycles. The van der Waals surface area contributed by atoms with Crippen molar-refractivity contribution in [2.75, 3.05) is 44.3 Å². The van der Waals surface area contributed by atoms with Gasteiger partial charge in [0.2, 0.25) is 0 Å². The Kier molecular flexibility index (Phi) is 8.54. The van der Waals surface area contributed by atoms with Gasteiger partial charge in [-0.25, -0.2) is 0 Å². The number of nitrogens with zero attached hydrogens (tertiary/aromatic N) is 2. The van der Waals surface area contributed by atoms with Crippen LogP contribution in [0.15, 0.2) is 52.3 Å². The highest BCUT2D eigenvalue weighted by molar-refractivity contribution is 7.99. The number of aliphatic hydroxyl groups is 1. The van der Waals surface area contributed by atoms with Gasteiger partial charge in [0.15, 0.2) is 0 Å². The number of fused-ring (bicyclic) bond motifs is 2. The summed E-state index contributed by atoms with van der Waals surface area (Å²) in [5.41, 5.74) is 2.49. The molecule has 7 heteroatoms. The molecule has 29 heavy (non-hydrogen) atoms. The quantitative estimate of drug-likeness (QED) is 0.619. The molecular formula is C22H28Cl2N2O2S. The summed E-state index contributed by atoms with van der Waals surface area (Å²) in [5, 5.41) is 9.68. The van der Waals surface area contributed by atoms with Gasteiger partial charge < -0.3 is 19.6 Å². The second kappa shape index (κ2) is 10.9. The minimum absolute atomic E-state index is 0. The van der Waals surface area contributed by atoms with E-state index in [1.165, 1.54) is 21.2 Å². The van der Waals surface area contributed by atoms with E-state index in [9.17, 15) is 0 Å². The Hall–Kier alpha value is -0.950. The third-order valence-electron chi connectivity index (χ3n) is 5.42. The Labute approximate surface area is 188 Å². The van der Waals surface area contributed by atoms with Crippen LogP contribution in [0.5, 0.6) is 0 Å². The van der Waals surface area contributed by atoms with Gasteiger partial charge >= 0.3 is 0 Å². The van der Waals surface area contributed by atoms with E-state index >= 15 is 0 Å². The van der Waals surface area contributed by atoms with Crippen LogP contribution in [0.1, 0.15) is 19.3 Å². The normalized spacial score (nSPS) is 16.8. The molecule has 4 rings (SSSR count). The first kappa shape index (κ1) is 22.7. The van der Waals surface area contributed by atoms with E-state index in [0.29, 0.717) is 12.7 Å². The fourth-order valence-electron chi connectivity index (χ4n) is 4.01. The lowest BCUT2D eigenvalue weighted by molar-refractivity contribution is -0.00770. The molecule has 1 saturated heterocycles. The van der Waals surface area contributed by atoms with Gasteiger partial charge in [0.25, 0.3) is 0 Å². The molecule has 0 saturated carbocycles. The van der Waals surface area contributed by atoms with Gasteiger partial charge in [-0.05, 0) is 56.1 Å². The van der Waals surface area contributed by atoms with Crippen LogP contribution in [0.2, 0.25) is 5.02 Å². The van der Waals surface area contributed by atoms with Crippen molar-refractivity contribution >= 4 is 47.1 Å². The summed E-state index contributed by atoms with van der Waals surface area (Å²) >= 11 is 8.12. The zero-order valence-corrected chi connectivity index (χ0v) is 18.8. The van der Waals surface area contributed by atoms with Crippen LogP contribution in [0.25, 0.3) is 0 Å². The van der Waals surface area contributed by atoms with Gasteiger partial charge in [0.1, 0.15) is 0 Å². The van der Waals surface area contributed by atoms with E-state index < -0.39 is 0 Å². The number of piperidine rings is 1. The molecule has 158 valence electrons. The molecule has 0 atom stereocenters. The number of likely N-dealkylation sites (tertiary alicyclic amines) is 1. The monoisotopic (exact) mass is 454 g/mol. The Morgan fingerprint density at radius 3 is 2.59 bits per heavy atom. The number of anilines is 2. The molecule has 0 spiro atoms. The number of rotatable bonds is 7. The molecule has 0 aliphatic carbocycles. The van der Waals surface area contributed by atoms with Crippen molar-refractivity contribution < 1.29 is 9.84 Å². The summed E-state index contributed by atoms with van der Waals surface area (Å²) in [5.74, 6) is 0. The van der Waals surface area contributed by atoms with Gasteiger partial charge in [0, 0.05) is 34.4 Å². The summed E-state index contributed by atoms with van der Waals surface area (Å²) < 4.78 is 5.67. The maximum absolute atomic E-state index is 8.90. The molecule has 0 amide bonds. The van der Waals surface area contributed by atoms with Crippen molar-refractivity contribution in [3.63, 3.8) is 0 Å². The fraction of sp³-hybridized carbons (Fsp3) is 0.455. The molecule has 2 aromatic rings. The lowest BCUT2D eigenvalue weighted by Crippen LogP contribution is -2.38. The second-order valence-corrected chi connectivity index (χ2v) is 8.84. The van der Waals surface area contributed by atoms with Crippen molar-refractivity contribution in [1.82, 2.24) is 4.90 Å². The Morgan fingerprint density at radius 2 is 1.79 bits per heavy atom. The van der Waals surface area contributed by atoms with Gasteiger partial charge in [-0.1, -0.05) is 35.5 Å². The molecular weight excluding hydrogens is 427 g/mol. The van der Waals surface area contributed by atoms with Gasteiger partial charge in [-0.3, -0.25) is 0 Å². The SMILES string of the molecule is Cl.OCCOC1CCN(CCCN2c3ccccc3Sc3ccc(Cl)cc32)CC1. The first-order valence-electron chi connectivity index (χ1n) is 10.0. The average Bonchev–Trinajstić information content (AvgIpc) is 2.73. The van der Waals surface area contributed by atoms with Crippen molar-refractivity contribution in [2.45, 2.75) is 35.2 Å². The molecule has 1 fully saturated rings. The van der Waals surface area contributed by atoms with Crippen molar-refractivity contribution in [3.8, 4) is 0 Å². The number of ether oxygens (including phenoxy) is 1. The summed E-state index contributed by atoms with van der Waals surface area (Å²) in [6.45, 7) is 4.79. The molecule has 0 bridgehead atoms. The topological polar surface area (TPSA) is 35.9 Å². The van der Waals surface area contributed by atoms with E-state index in [2.05, 4.69) is 46.2 Å². The molecule has 1 N–H and O–H groups in total. The lowest BCUT2D eigenvalue weighted by atomic mass is 10.1. The summed E-state index contributed by atoms with van der Waals surface area (Å²) in [6.07, 6.45) is 3.53. The first-order valence-corrected chi connectivity index (χ1v) is 11.2. The number of hydrogen-bond acceptors (Lipinski definition) is 5. The smallest absolute Gasteiger partial charge is 0.0701 e. The zero-order valence-electron chi connectivity index (χ0n) is 16.4. The predicted molar refractivity (Wildman–Crippen MR) is 123 cm³/mol. The Morgan fingerprint density at radius 1 is 1.03 bits per heavy atom. The van der Waals surface area contributed by atoms with Crippen LogP contribution in [-0.2, 0) is 4.74 Å².